The van der Waals surface area contributed by atoms with Crippen LogP contribution in [-0.2, 0) is 9.53 Å². The highest BCUT2D eigenvalue weighted by Crippen LogP contribution is 2.40. The maximum absolute atomic E-state index is 12.5. The Labute approximate surface area is 121 Å². The monoisotopic (exact) mass is 288 g/mol. The van der Waals surface area contributed by atoms with Gasteiger partial charge in [0.05, 0.1) is 5.92 Å². The lowest BCUT2D eigenvalue weighted by atomic mass is 9.80. The Morgan fingerprint density at radius 1 is 1.26 bits per heavy atom. The zero-order valence-corrected chi connectivity index (χ0v) is 12.3. The maximum atomic E-state index is 12.5. The van der Waals surface area contributed by atoms with Crippen molar-refractivity contribution in [3.05, 3.63) is 0 Å². The molecule has 3 rings (SSSR count). The second-order valence-corrected chi connectivity index (χ2v) is 6.17. The Balaban J connectivity index is 0.00000133. The summed E-state index contributed by atoms with van der Waals surface area (Å²) >= 11 is 0. The van der Waals surface area contributed by atoms with Gasteiger partial charge in [0.25, 0.3) is 0 Å². The van der Waals surface area contributed by atoms with Crippen LogP contribution < -0.4 is 5.32 Å². The predicted molar refractivity (Wildman–Crippen MR) is 76.5 cm³/mol. The van der Waals surface area contributed by atoms with E-state index in [1.54, 1.807) is 0 Å². The fraction of sp³-hybridized carbons (Fsp3) is 0.929. The van der Waals surface area contributed by atoms with Crippen LogP contribution in [0.5, 0.6) is 0 Å². The number of ether oxygens (including phenoxy) is 1. The van der Waals surface area contributed by atoms with E-state index in [9.17, 15) is 4.79 Å². The summed E-state index contributed by atoms with van der Waals surface area (Å²) in [6.07, 6.45) is 5.67. The van der Waals surface area contributed by atoms with Crippen molar-refractivity contribution in [1.82, 2.24) is 10.2 Å². The molecule has 1 spiro atoms. The van der Waals surface area contributed by atoms with Gasteiger partial charge in [-0.25, -0.2) is 0 Å². The molecular formula is C14H25ClN2O2. The number of hydrogen-bond donors (Lipinski definition) is 1. The summed E-state index contributed by atoms with van der Waals surface area (Å²) in [5.41, 5.74) is 0.385. The third-order valence-electron chi connectivity index (χ3n) is 4.95. The minimum atomic E-state index is 0. The molecule has 3 saturated heterocycles. The molecule has 3 aliphatic heterocycles. The number of rotatable bonds is 1. The van der Waals surface area contributed by atoms with Gasteiger partial charge in [-0.2, -0.15) is 0 Å². The second kappa shape index (κ2) is 6.42. The minimum absolute atomic E-state index is 0. The number of likely N-dealkylation sites (tertiary alicyclic amines) is 1. The third kappa shape index (κ3) is 3.23. The summed E-state index contributed by atoms with van der Waals surface area (Å²) in [4.78, 5) is 14.6. The van der Waals surface area contributed by atoms with Crippen LogP contribution in [0.4, 0.5) is 0 Å². The lowest BCUT2D eigenvalue weighted by molar-refractivity contribution is -0.135. The van der Waals surface area contributed by atoms with Gasteiger partial charge < -0.3 is 15.0 Å². The standard InChI is InChI=1S/C14H24N2O2.ClH/c17-13(12-2-1-6-15-10-12)16-7-3-14(11-16)4-8-18-9-5-14;/h12,15H,1-11H2;1H. The molecule has 1 unspecified atom stereocenters. The summed E-state index contributed by atoms with van der Waals surface area (Å²) in [6.45, 7) is 5.66. The molecule has 1 N–H and O–H groups in total. The Morgan fingerprint density at radius 3 is 2.74 bits per heavy atom. The number of carbonyl (C=O) groups is 1. The molecule has 19 heavy (non-hydrogen) atoms. The molecule has 0 aromatic carbocycles. The quantitative estimate of drug-likeness (QED) is 0.794. The average molecular weight is 289 g/mol. The second-order valence-electron chi connectivity index (χ2n) is 6.17. The smallest absolute Gasteiger partial charge is 0.226 e. The van der Waals surface area contributed by atoms with E-state index in [2.05, 4.69) is 10.2 Å². The van der Waals surface area contributed by atoms with E-state index in [1.807, 2.05) is 0 Å². The number of hydrogen-bond acceptors (Lipinski definition) is 3. The molecular weight excluding hydrogens is 264 g/mol. The molecule has 0 aromatic heterocycles. The predicted octanol–water partition coefficient (Wildman–Crippen LogP) is 1.44. The summed E-state index contributed by atoms with van der Waals surface area (Å²) in [5, 5.41) is 3.34. The van der Waals surface area contributed by atoms with Crippen LogP contribution >= 0.6 is 12.4 Å². The van der Waals surface area contributed by atoms with Gasteiger partial charge in [-0.3, -0.25) is 4.79 Å². The van der Waals surface area contributed by atoms with Crippen molar-refractivity contribution in [2.45, 2.75) is 32.1 Å². The van der Waals surface area contributed by atoms with Gasteiger partial charge in [0.2, 0.25) is 5.91 Å². The first-order valence-corrected chi connectivity index (χ1v) is 7.36. The summed E-state index contributed by atoms with van der Waals surface area (Å²) < 4.78 is 5.45. The van der Waals surface area contributed by atoms with E-state index in [1.165, 1.54) is 6.42 Å². The van der Waals surface area contributed by atoms with E-state index in [0.717, 1.165) is 65.1 Å². The molecule has 0 aromatic rings. The first-order valence-electron chi connectivity index (χ1n) is 7.36. The lowest BCUT2D eigenvalue weighted by Crippen LogP contribution is -2.43. The van der Waals surface area contributed by atoms with E-state index in [-0.39, 0.29) is 18.3 Å². The Kier molecular flexibility index (Phi) is 5.09. The highest BCUT2D eigenvalue weighted by molar-refractivity contribution is 5.85. The fourth-order valence-electron chi connectivity index (χ4n) is 3.66. The fourth-order valence-corrected chi connectivity index (χ4v) is 3.66. The van der Waals surface area contributed by atoms with Gasteiger partial charge in [0, 0.05) is 32.8 Å². The van der Waals surface area contributed by atoms with Gasteiger partial charge in [-0.15, -0.1) is 12.4 Å². The maximum Gasteiger partial charge on any atom is 0.226 e. The molecule has 0 aliphatic carbocycles. The number of halogens is 1. The number of nitrogens with zero attached hydrogens (tertiary/aromatic N) is 1. The van der Waals surface area contributed by atoms with E-state index < -0.39 is 0 Å². The van der Waals surface area contributed by atoms with Crippen molar-refractivity contribution >= 4 is 18.3 Å². The van der Waals surface area contributed by atoms with Crippen LogP contribution in [0.15, 0.2) is 0 Å². The van der Waals surface area contributed by atoms with Crippen molar-refractivity contribution in [3.8, 4) is 0 Å². The first-order chi connectivity index (χ1) is 8.79. The van der Waals surface area contributed by atoms with Crippen LogP contribution in [0, 0.1) is 11.3 Å². The number of piperidine rings is 1. The molecule has 4 nitrogen and oxygen atoms in total. The molecule has 0 radical (unpaired) electrons. The SMILES string of the molecule is Cl.O=C(C1CCCNC1)N1CCC2(CCOCC2)C1. The van der Waals surface area contributed by atoms with E-state index >= 15 is 0 Å². The molecule has 3 fully saturated rings. The largest absolute Gasteiger partial charge is 0.381 e. The van der Waals surface area contributed by atoms with Gasteiger partial charge >= 0.3 is 0 Å². The molecule has 1 atom stereocenters. The molecule has 1 amide bonds. The van der Waals surface area contributed by atoms with Crippen molar-refractivity contribution in [1.29, 1.82) is 0 Å². The van der Waals surface area contributed by atoms with Crippen molar-refractivity contribution in [2.75, 3.05) is 39.4 Å². The summed E-state index contributed by atoms with van der Waals surface area (Å²) in [5.74, 6) is 0.624. The van der Waals surface area contributed by atoms with Crippen molar-refractivity contribution in [3.63, 3.8) is 0 Å². The Bertz CT molecular complexity index is 313. The molecule has 3 aliphatic rings. The number of nitrogens with one attached hydrogen (secondary N) is 1. The number of amides is 1. The molecule has 110 valence electrons. The molecule has 3 heterocycles. The van der Waals surface area contributed by atoms with Gasteiger partial charge in [-0.05, 0) is 44.1 Å². The highest BCUT2D eigenvalue weighted by Gasteiger charge is 2.42. The van der Waals surface area contributed by atoms with Crippen LogP contribution in [0.2, 0.25) is 0 Å². The molecule has 0 saturated carbocycles. The van der Waals surface area contributed by atoms with Crippen molar-refractivity contribution < 1.29 is 9.53 Å². The Morgan fingerprint density at radius 2 is 2.05 bits per heavy atom. The van der Waals surface area contributed by atoms with Crippen LogP contribution in [0.25, 0.3) is 0 Å². The zero-order valence-electron chi connectivity index (χ0n) is 11.5. The highest BCUT2D eigenvalue weighted by atomic mass is 35.5. The average Bonchev–Trinajstić information content (AvgIpc) is 2.83. The van der Waals surface area contributed by atoms with Gasteiger partial charge in [0.1, 0.15) is 0 Å². The Hall–Kier alpha value is -0.320. The van der Waals surface area contributed by atoms with Crippen molar-refractivity contribution in [2.24, 2.45) is 11.3 Å². The minimum Gasteiger partial charge on any atom is -0.381 e. The van der Waals surface area contributed by atoms with Crippen LogP contribution in [-0.4, -0.2) is 50.2 Å². The zero-order chi connectivity index (χ0) is 12.4. The lowest BCUT2D eigenvalue weighted by Gasteiger charge is -2.34. The van der Waals surface area contributed by atoms with Crippen LogP contribution in [0.3, 0.4) is 0 Å². The molecule has 5 heteroatoms. The van der Waals surface area contributed by atoms with Gasteiger partial charge in [0.15, 0.2) is 0 Å². The van der Waals surface area contributed by atoms with Gasteiger partial charge in [-0.1, -0.05) is 0 Å². The normalized spacial score (nSPS) is 30.1. The first kappa shape index (κ1) is 15.1. The topological polar surface area (TPSA) is 41.6 Å². The van der Waals surface area contributed by atoms with Crippen LogP contribution in [0.1, 0.15) is 32.1 Å². The molecule has 0 bridgehead atoms. The number of carbonyl (C=O) groups excluding carboxylic acids is 1. The summed E-state index contributed by atoms with van der Waals surface area (Å²) in [6, 6.07) is 0. The van der Waals surface area contributed by atoms with E-state index in [0.29, 0.717) is 11.3 Å². The summed E-state index contributed by atoms with van der Waals surface area (Å²) in [7, 11) is 0. The third-order valence-corrected chi connectivity index (χ3v) is 4.95. The van der Waals surface area contributed by atoms with E-state index in [4.69, 9.17) is 4.74 Å².